The van der Waals surface area contributed by atoms with Crippen LogP contribution >= 0.6 is 0 Å². The van der Waals surface area contributed by atoms with Crippen molar-refractivity contribution in [1.29, 1.82) is 0 Å². The van der Waals surface area contributed by atoms with Crippen LogP contribution in [0.3, 0.4) is 0 Å². The Hall–Kier alpha value is -3.36. The standard InChI is InChI=1S/C21H19F3N4O2/c1-11-6-5-7-14(8-11)20-25-16(13(3)30-20)10-29-17-9-15(21(22,23)24)18-12(2)27-28(4)19(18)26-17/h5-9H,10H2,1-4H3. The first kappa shape index (κ1) is 19.9. The van der Waals surface area contributed by atoms with Gasteiger partial charge in [-0.05, 0) is 32.9 Å². The van der Waals surface area contributed by atoms with Crippen LogP contribution in [0.5, 0.6) is 5.88 Å². The lowest BCUT2D eigenvalue weighted by Crippen LogP contribution is -2.09. The van der Waals surface area contributed by atoms with Gasteiger partial charge in [0, 0.05) is 18.7 Å². The van der Waals surface area contributed by atoms with Crippen LogP contribution in [0.25, 0.3) is 22.5 Å². The number of oxazole rings is 1. The van der Waals surface area contributed by atoms with Crippen molar-refractivity contribution < 1.29 is 22.3 Å². The summed E-state index contributed by atoms with van der Waals surface area (Å²) in [6, 6.07) is 8.57. The highest BCUT2D eigenvalue weighted by Gasteiger charge is 2.35. The Morgan fingerprint density at radius 1 is 1.10 bits per heavy atom. The zero-order valence-electron chi connectivity index (χ0n) is 16.8. The normalized spacial score (nSPS) is 12.0. The van der Waals surface area contributed by atoms with Gasteiger partial charge in [-0.3, -0.25) is 4.68 Å². The number of benzene rings is 1. The van der Waals surface area contributed by atoms with E-state index in [2.05, 4.69) is 15.1 Å². The van der Waals surface area contributed by atoms with Gasteiger partial charge in [0.15, 0.2) is 5.65 Å². The Morgan fingerprint density at radius 3 is 2.57 bits per heavy atom. The molecule has 0 aliphatic heterocycles. The summed E-state index contributed by atoms with van der Waals surface area (Å²) in [4.78, 5) is 8.64. The number of hydrogen-bond acceptors (Lipinski definition) is 5. The van der Waals surface area contributed by atoms with E-state index in [1.54, 1.807) is 14.0 Å². The fraction of sp³-hybridized carbons (Fsp3) is 0.286. The van der Waals surface area contributed by atoms with E-state index < -0.39 is 11.7 Å². The van der Waals surface area contributed by atoms with Crippen molar-refractivity contribution in [2.75, 3.05) is 0 Å². The number of aryl methyl sites for hydroxylation is 4. The highest BCUT2D eigenvalue weighted by Crippen LogP contribution is 2.37. The maximum absolute atomic E-state index is 13.6. The molecule has 0 unspecified atom stereocenters. The number of aromatic nitrogens is 4. The molecule has 0 N–H and O–H groups in total. The predicted octanol–water partition coefficient (Wildman–Crippen LogP) is 5.15. The van der Waals surface area contributed by atoms with Crippen molar-refractivity contribution in [3.05, 3.63) is 58.6 Å². The van der Waals surface area contributed by atoms with Gasteiger partial charge in [-0.2, -0.15) is 23.3 Å². The molecular formula is C21H19F3N4O2. The minimum absolute atomic E-state index is 0.0308. The number of rotatable bonds is 4. The molecule has 156 valence electrons. The molecule has 0 aliphatic carbocycles. The van der Waals surface area contributed by atoms with Gasteiger partial charge in [0.2, 0.25) is 11.8 Å². The lowest BCUT2D eigenvalue weighted by atomic mass is 10.1. The molecule has 6 nitrogen and oxygen atoms in total. The topological polar surface area (TPSA) is 66.0 Å². The maximum Gasteiger partial charge on any atom is 0.417 e. The summed E-state index contributed by atoms with van der Waals surface area (Å²) in [5.41, 5.74) is 1.90. The minimum atomic E-state index is -4.56. The minimum Gasteiger partial charge on any atom is -0.471 e. The maximum atomic E-state index is 13.6. The van der Waals surface area contributed by atoms with Gasteiger partial charge in [-0.15, -0.1) is 0 Å². The first-order chi connectivity index (χ1) is 14.1. The third-order valence-electron chi connectivity index (χ3n) is 4.77. The molecule has 4 aromatic rings. The van der Waals surface area contributed by atoms with Crippen LogP contribution in [0.2, 0.25) is 0 Å². The molecule has 3 aromatic heterocycles. The fourth-order valence-electron chi connectivity index (χ4n) is 3.33. The van der Waals surface area contributed by atoms with Crippen LogP contribution in [-0.2, 0) is 19.8 Å². The van der Waals surface area contributed by atoms with Crippen molar-refractivity contribution >= 4 is 11.0 Å². The summed E-state index contributed by atoms with van der Waals surface area (Å²) in [7, 11) is 1.54. The Kier molecular flexibility index (Phi) is 4.76. The largest absolute Gasteiger partial charge is 0.471 e. The van der Waals surface area contributed by atoms with Crippen LogP contribution < -0.4 is 4.74 Å². The summed E-state index contributed by atoms with van der Waals surface area (Å²) < 4.78 is 53.4. The fourth-order valence-corrected chi connectivity index (χ4v) is 3.33. The number of nitrogens with zero attached hydrogens (tertiary/aromatic N) is 4. The number of pyridine rings is 1. The molecule has 9 heteroatoms. The molecule has 0 atom stereocenters. The van der Waals surface area contributed by atoms with Crippen LogP contribution in [-0.4, -0.2) is 19.7 Å². The van der Waals surface area contributed by atoms with Gasteiger partial charge in [0.1, 0.15) is 18.1 Å². The molecule has 0 radical (unpaired) electrons. The molecule has 0 saturated heterocycles. The average Bonchev–Trinajstić information content (AvgIpc) is 3.18. The van der Waals surface area contributed by atoms with Gasteiger partial charge in [0.25, 0.3) is 0 Å². The Labute approximate surface area is 170 Å². The molecule has 30 heavy (non-hydrogen) atoms. The van der Waals surface area contributed by atoms with E-state index in [9.17, 15) is 13.2 Å². The number of fused-ring (bicyclic) bond motifs is 1. The van der Waals surface area contributed by atoms with E-state index in [4.69, 9.17) is 9.15 Å². The molecule has 0 amide bonds. The summed E-state index contributed by atoms with van der Waals surface area (Å²) in [5, 5.41) is 4.02. The van der Waals surface area contributed by atoms with Crippen LogP contribution in [0.4, 0.5) is 13.2 Å². The molecule has 3 heterocycles. The molecule has 4 rings (SSSR count). The SMILES string of the molecule is Cc1cccc(-c2nc(COc3cc(C(F)(F)F)c4c(C)nn(C)c4n3)c(C)o2)c1. The zero-order valence-corrected chi connectivity index (χ0v) is 16.8. The number of ether oxygens (including phenoxy) is 1. The first-order valence-corrected chi connectivity index (χ1v) is 9.21. The molecule has 0 saturated carbocycles. The molecular weight excluding hydrogens is 397 g/mol. The highest BCUT2D eigenvalue weighted by molar-refractivity contribution is 5.83. The predicted molar refractivity (Wildman–Crippen MR) is 104 cm³/mol. The Bertz CT molecular complexity index is 1240. The second-order valence-electron chi connectivity index (χ2n) is 7.09. The third-order valence-corrected chi connectivity index (χ3v) is 4.77. The van der Waals surface area contributed by atoms with E-state index in [0.717, 1.165) is 17.2 Å². The summed E-state index contributed by atoms with van der Waals surface area (Å²) >= 11 is 0. The van der Waals surface area contributed by atoms with Crippen molar-refractivity contribution in [3.8, 4) is 17.3 Å². The smallest absolute Gasteiger partial charge is 0.417 e. The molecule has 0 fully saturated rings. The van der Waals surface area contributed by atoms with Crippen molar-refractivity contribution in [2.45, 2.75) is 33.6 Å². The monoisotopic (exact) mass is 416 g/mol. The van der Waals surface area contributed by atoms with Crippen LogP contribution in [0, 0.1) is 20.8 Å². The van der Waals surface area contributed by atoms with E-state index >= 15 is 0 Å². The number of halogens is 3. The van der Waals surface area contributed by atoms with Crippen molar-refractivity contribution in [3.63, 3.8) is 0 Å². The number of hydrogen-bond donors (Lipinski definition) is 0. The van der Waals surface area contributed by atoms with Crippen LogP contribution in [0.15, 0.2) is 34.7 Å². The summed E-state index contributed by atoms with van der Waals surface area (Å²) in [5.74, 6) is 0.800. The summed E-state index contributed by atoms with van der Waals surface area (Å²) in [6.07, 6.45) is -4.56. The zero-order chi connectivity index (χ0) is 21.6. The molecule has 0 aliphatic rings. The highest BCUT2D eigenvalue weighted by atomic mass is 19.4. The lowest BCUT2D eigenvalue weighted by Gasteiger charge is -2.11. The molecule has 0 spiro atoms. The average molecular weight is 416 g/mol. The van der Waals surface area contributed by atoms with E-state index in [1.807, 2.05) is 31.2 Å². The molecule has 0 bridgehead atoms. The van der Waals surface area contributed by atoms with Gasteiger partial charge in [0.05, 0.1) is 16.6 Å². The quantitative estimate of drug-likeness (QED) is 0.461. The second kappa shape index (κ2) is 7.16. The van der Waals surface area contributed by atoms with Gasteiger partial charge in [-0.25, -0.2) is 4.98 Å². The van der Waals surface area contributed by atoms with Crippen molar-refractivity contribution in [2.24, 2.45) is 7.05 Å². The first-order valence-electron chi connectivity index (χ1n) is 9.21. The third kappa shape index (κ3) is 3.62. The van der Waals surface area contributed by atoms with Gasteiger partial charge >= 0.3 is 6.18 Å². The second-order valence-corrected chi connectivity index (χ2v) is 7.09. The Balaban J connectivity index is 1.65. The van der Waals surface area contributed by atoms with Crippen molar-refractivity contribution in [1.82, 2.24) is 19.7 Å². The molecule has 1 aromatic carbocycles. The number of alkyl halides is 3. The van der Waals surface area contributed by atoms with Gasteiger partial charge < -0.3 is 9.15 Å². The van der Waals surface area contributed by atoms with E-state index in [-0.39, 0.29) is 29.2 Å². The van der Waals surface area contributed by atoms with E-state index in [1.165, 1.54) is 11.6 Å². The summed E-state index contributed by atoms with van der Waals surface area (Å²) in [6.45, 7) is 5.13. The lowest BCUT2D eigenvalue weighted by molar-refractivity contribution is -0.136. The Morgan fingerprint density at radius 2 is 1.87 bits per heavy atom. The van der Waals surface area contributed by atoms with Crippen LogP contribution in [0.1, 0.15) is 28.3 Å². The van der Waals surface area contributed by atoms with Gasteiger partial charge in [-0.1, -0.05) is 17.7 Å². The van der Waals surface area contributed by atoms with E-state index in [0.29, 0.717) is 17.3 Å².